The van der Waals surface area contributed by atoms with E-state index in [-0.39, 0.29) is 27.0 Å². The zero-order chi connectivity index (χ0) is 18.8. The topological polar surface area (TPSA) is 102 Å². The van der Waals surface area contributed by atoms with Crippen molar-refractivity contribution in [1.82, 2.24) is 4.31 Å². The minimum absolute atomic E-state index is 0.0541. The van der Waals surface area contributed by atoms with E-state index in [1.54, 1.807) is 6.07 Å². The van der Waals surface area contributed by atoms with Gasteiger partial charge in [-0.2, -0.15) is 0 Å². The zero-order valence-electron chi connectivity index (χ0n) is 13.7. The third-order valence-electron chi connectivity index (χ3n) is 3.36. The highest BCUT2D eigenvalue weighted by molar-refractivity contribution is 7.89. The second kappa shape index (κ2) is 7.26. The summed E-state index contributed by atoms with van der Waals surface area (Å²) < 4.78 is 31.0. The molecule has 0 amide bonds. The van der Waals surface area contributed by atoms with Gasteiger partial charge in [0.15, 0.2) is 0 Å². The van der Waals surface area contributed by atoms with Crippen LogP contribution in [0.15, 0.2) is 41.3 Å². The Bertz CT molecular complexity index is 915. The second-order valence-corrected chi connectivity index (χ2v) is 7.75. The van der Waals surface area contributed by atoms with Crippen LogP contribution < -0.4 is 10.1 Å². The third kappa shape index (κ3) is 4.01. The highest BCUT2D eigenvalue weighted by Crippen LogP contribution is 2.33. The van der Waals surface area contributed by atoms with Gasteiger partial charge in [-0.15, -0.1) is 0 Å². The van der Waals surface area contributed by atoms with E-state index in [1.807, 2.05) is 0 Å². The number of nitro groups is 1. The molecule has 1 N–H and O–H groups in total. The Balaban J connectivity index is 2.51. The molecule has 0 saturated carbocycles. The largest absolute Gasteiger partial charge is 0.495 e. The van der Waals surface area contributed by atoms with E-state index >= 15 is 0 Å². The van der Waals surface area contributed by atoms with Gasteiger partial charge in [0.1, 0.15) is 16.3 Å². The lowest BCUT2D eigenvalue weighted by molar-refractivity contribution is -0.383. The van der Waals surface area contributed by atoms with Gasteiger partial charge in [-0.1, -0.05) is 11.6 Å². The average Bonchev–Trinajstić information content (AvgIpc) is 2.56. The second-order valence-electron chi connectivity index (χ2n) is 5.20. The van der Waals surface area contributed by atoms with Crippen LogP contribution in [0.2, 0.25) is 5.02 Å². The molecule has 0 spiro atoms. The normalized spacial score (nSPS) is 11.4. The molecular formula is C15H16ClN3O5S. The molecule has 0 unspecified atom stereocenters. The van der Waals surface area contributed by atoms with E-state index in [4.69, 9.17) is 16.3 Å². The van der Waals surface area contributed by atoms with Crippen LogP contribution in [-0.2, 0) is 10.0 Å². The van der Waals surface area contributed by atoms with Gasteiger partial charge in [0.2, 0.25) is 10.0 Å². The molecule has 2 aromatic rings. The molecular weight excluding hydrogens is 370 g/mol. The summed E-state index contributed by atoms with van der Waals surface area (Å²) in [7, 11) is 0.411. The van der Waals surface area contributed by atoms with Crippen molar-refractivity contribution in [3.63, 3.8) is 0 Å². The SMILES string of the molecule is COc1ccc(Nc2ccc(Cl)cc2[N+](=O)[O-])cc1S(=O)(=O)N(C)C. The number of anilines is 2. The van der Waals surface area contributed by atoms with Crippen LogP contribution >= 0.6 is 11.6 Å². The number of nitrogens with zero attached hydrogens (tertiary/aromatic N) is 2. The first kappa shape index (κ1) is 19.0. The number of halogens is 1. The number of nitrogens with one attached hydrogen (secondary N) is 1. The average molecular weight is 386 g/mol. The fourth-order valence-corrected chi connectivity index (χ4v) is 3.31. The van der Waals surface area contributed by atoms with Crippen molar-refractivity contribution in [2.75, 3.05) is 26.5 Å². The Labute approximate surface area is 150 Å². The van der Waals surface area contributed by atoms with Crippen molar-refractivity contribution in [2.24, 2.45) is 0 Å². The molecule has 8 nitrogen and oxygen atoms in total. The molecule has 0 heterocycles. The Morgan fingerprint density at radius 1 is 1.20 bits per heavy atom. The maximum Gasteiger partial charge on any atom is 0.294 e. The smallest absolute Gasteiger partial charge is 0.294 e. The molecule has 0 bridgehead atoms. The molecule has 0 saturated heterocycles. The maximum absolute atomic E-state index is 12.4. The van der Waals surface area contributed by atoms with Gasteiger partial charge in [-0.25, -0.2) is 12.7 Å². The standard InChI is InChI=1S/C15H16ClN3O5S/c1-18(2)25(22,23)15-9-11(5-7-14(15)24-3)17-12-6-4-10(16)8-13(12)19(20)21/h4-9,17H,1-3H3. The van der Waals surface area contributed by atoms with Gasteiger partial charge >= 0.3 is 0 Å². The predicted octanol–water partition coefficient (Wildman–Crippen LogP) is 3.25. The minimum atomic E-state index is -3.75. The van der Waals surface area contributed by atoms with E-state index in [2.05, 4.69) is 5.32 Å². The number of nitro benzene ring substituents is 1. The third-order valence-corrected chi connectivity index (χ3v) is 5.43. The first-order valence-electron chi connectivity index (χ1n) is 6.98. The Hall–Kier alpha value is -2.36. The molecule has 0 aromatic heterocycles. The fraction of sp³-hybridized carbons (Fsp3) is 0.200. The highest BCUT2D eigenvalue weighted by Gasteiger charge is 2.23. The molecule has 0 aliphatic carbocycles. The Kier molecular flexibility index (Phi) is 5.51. The minimum Gasteiger partial charge on any atom is -0.495 e. The number of rotatable bonds is 6. The summed E-state index contributed by atoms with van der Waals surface area (Å²) in [6.45, 7) is 0. The van der Waals surface area contributed by atoms with Gasteiger partial charge in [0.05, 0.1) is 12.0 Å². The molecule has 25 heavy (non-hydrogen) atoms. The van der Waals surface area contributed by atoms with Gasteiger partial charge in [-0.3, -0.25) is 10.1 Å². The van der Waals surface area contributed by atoms with E-state index in [0.717, 1.165) is 4.31 Å². The molecule has 0 aliphatic heterocycles. The van der Waals surface area contributed by atoms with Crippen molar-refractivity contribution in [2.45, 2.75) is 4.90 Å². The lowest BCUT2D eigenvalue weighted by Gasteiger charge is -2.16. The number of hydrogen-bond acceptors (Lipinski definition) is 6. The molecule has 2 aromatic carbocycles. The number of ether oxygens (including phenoxy) is 1. The quantitative estimate of drug-likeness (QED) is 0.605. The van der Waals surface area contributed by atoms with E-state index in [1.165, 1.54) is 51.5 Å². The van der Waals surface area contributed by atoms with Gasteiger partial charge in [-0.05, 0) is 30.3 Å². The van der Waals surface area contributed by atoms with Crippen molar-refractivity contribution < 1.29 is 18.1 Å². The Morgan fingerprint density at radius 3 is 2.44 bits per heavy atom. The molecule has 134 valence electrons. The van der Waals surface area contributed by atoms with Crippen molar-refractivity contribution in [3.8, 4) is 5.75 Å². The van der Waals surface area contributed by atoms with Crippen LogP contribution in [0.5, 0.6) is 5.75 Å². The fourth-order valence-electron chi connectivity index (χ4n) is 2.07. The van der Waals surface area contributed by atoms with Crippen LogP contribution in [-0.4, -0.2) is 38.9 Å². The summed E-state index contributed by atoms with van der Waals surface area (Å²) in [4.78, 5) is 10.5. The molecule has 0 fully saturated rings. The summed E-state index contributed by atoms with van der Waals surface area (Å²) in [6.07, 6.45) is 0. The first-order valence-corrected chi connectivity index (χ1v) is 8.80. The van der Waals surface area contributed by atoms with Crippen LogP contribution in [0.1, 0.15) is 0 Å². The molecule has 0 aliphatic rings. The van der Waals surface area contributed by atoms with Crippen LogP contribution in [0, 0.1) is 10.1 Å². The number of hydrogen-bond donors (Lipinski definition) is 1. The van der Waals surface area contributed by atoms with Crippen molar-refractivity contribution in [1.29, 1.82) is 0 Å². The predicted molar refractivity (Wildman–Crippen MR) is 95.3 cm³/mol. The monoisotopic (exact) mass is 385 g/mol. The van der Waals surface area contributed by atoms with Crippen LogP contribution in [0.3, 0.4) is 0 Å². The van der Waals surface area contributed by atoms with Crippen LogP contribution in [0.4, 0.5) is 17.1 Å². The van der Waals surface area contributed by atoms with E-state index < -0.39 is 14.9 Å². The maximum atomic E-state index is 12.4. The van der Waals surface area contributed by atoms with Gasteiger partial charge in [0.25, 0.3) is 5.69 Å². The number of sulfonamides is 1. The van der Waals surface area contributed by atoms with Gasteiger partial charge < -0.3 is 10.1 Å². The van der Waals surface area contributed by atoms with Crippen molar-refractivity contribution in [3.05, 3.63) is 51.5 Å². The summed E-state index contributed by atoms with van der Waals surface area (Å²) >= 11 is 5.79. The van der Waals surface area contributed by atoms with E-state index in [9.17, 15) is 18.5 Å². The molecule has 0 radical (unpaired) electrons. The highest BCUT2D eigenvalue weighted by atomic mass is 35.5. The molecule has 0 atom stereocenters. The summed E-state index contributed by atoms with van der Waals surface area (Å²) in [6, 6.07) is 8.55. The lowest BCUT2D eigenvalue weighted by atomic mass is 10.2. The van der Waals surface area contributed by atoms with E-state index in [0.29, 0.717) is 5.69 Å². The van der Waals surface area contributed by atoms with Crippen molar-refractivity contribution >= 4 is 38.7 Å². The van der Waals surface area contributed by atoms with Crippen LogP contribution in [0.25, 0.3) is 0 Å². The number of benzene rings is 2. The van der Waals surface area contributed by atoms with Gasteiger partial charge in [0, 0.05) is 30.9 Å². The number of methoxy groups -OCH3 is 1. The Morgan fingerprint density at radius 2 is 1.88 bits per heavy atom. The summed E-state index contributed by atoms with van der Waals surface area (Å²) in [5.41, 5.74) is 0.319. The first-order chi connectivity index (χ1) is 11.7. The summed E-state index contributed by atoms with van der Waals surface area (Å²) in [5, 5.41) is 14.2. The molecule has 2 rings (SSSR count). The summed E-state index contributed by atoms with van der Waals surface area (Å²) in [5.74, 6) is 0.171. The molecule has 10 heteroatoms. The zero-order valence-corrected chi connectivity index (χ0v) is 15.3. The lowest BCUT2D eigenvalue weighted by Crippen LogP contribution is -2.22.